The van der Waals surface area contributed by atoms with Crippen LogP contribution in [-0.4, -0.2) is 80.7 Å². The molecule has 3 heterocycles. The van der Waals surface area contributed by atoms with Crippen molar-refractivity contribution in [2.24, 2.45) is 5.41 Å². The number of halogens is 2. The number of aliphatic hydroxyl groups is 1. The lowest BCUT2D eigenvalue weighted by atomic mass is 9.99. The van der Waals surface area contributed by atoms with Crippen LogP contribution in [-0.2, 0) is 23.4 Å². The Bertz CT molecular complexity index is 1800. The minimum absolute atomic E-state index is 0.116. The van der Waals surface area contributed by atoms with Crippen LogP contribution in [0.2, 0.25) is 0 Å². The fourth-order valence-corrected chi connectivity index (χ4v) is 6.94. The number of nitrogens with zero attached hydrogens (tertiary/aromatic N) is 4. The Morgan fingerprint density at radius 2 is 1.96 bits per heavy atom. The molecule has 0 unspecified atom stereocenters. The first-order valence-corrected chi connectivity index (χ1v) is 17.1. The van der Waals surface area contributed by atoms with Crippen LogP contribution in [0.4, 0.5) is 10.2 Å². The lowest BCUT2D eigenvalue weighted by Gasteiger charge is -2.32. The minimum Gasteiger partial charge on any atom is -0.464 e. The number of aryl methyl sites for hydroxylation is 1. The maximum atomic E-state index is 15.9. The number of ether oxygens (including phenoxy) is 2. The van der Waals surface area contributed by atoms with E-state index in [0.717, 1.165) is 5.39 Å². The van der Waals surface area contributed by atoms with E-state index in [4.69, 9.17) is 30.1 Å². The van der Waals surface area contributed by atoms with E-state index < -0.39 is 56.3 Å². The number of rotatable bonds is 12. The van der Waals surface area contributed by atoms with Crippen LogP contribution in [0.3, 0.4) is 0 Å². The van der Waals surface area contributed by atoms with Crippen molar-refractivity contribution in [1.29, 1.82) is 0 Å². The Morgan fingerprint density at radius 1 is 1.23 bits per heavy atom. The first-order chi connectivity index (χ1) is 22.2. The molecule has 254 valence electrons. The predicted molar refractivity (Wildman–Crippen MR) is 175 cm³/mol. The molecule has 1 fully saturated rings. The molecule has 1 aliphatic heterocycles. The minimum atomic E-state index is -4.48. The van der Waals surface area contributed by atoms with Crippen molar-refractivity contribution in [2.75, 3.05) is 31.5 Å². The van der Waals surface area contributed by atoms with Crippen LogP contribution >= 0.6 is 19.3 Å². The van der Waals surface area contributed by atoms with E-state index in [1.807, 2.05) is 39.0 Å². The Labute approximate surface area is 276 Å². The van der Waals surface area contributed by atoms with Gasteiger partial charge in [-0.2, -0.15) is 5.09 Å². The third kappa shape index (κ3) is 7.38. The number of nitrogens with one attached hydrogen (secondary N) is 2. The van der Waals surface area contributed by atoms with Gasteiger partial charge in [-0.3, -0.25) is 13.9 Å². The second kappa shape index (κ2) is 13.6. The molecule has 4 aromatic rings. The molecule has 0 radical (unpaired) electrons. The normalized spacial score (nSPS) is 23.5. The summed E-state index contributed by atoms with van der Waals surface area (Å²) in [6.07, 6.45) is -3.93. The zero-order valence-electron chi connectivity index (χ0n) is 26.9. The molecule has 0 saturated carbocycles. The number of esters is 1. The van der Waals surface area contributed by atoms with E-state index >= 15 is 4.39 Å². The molecule has 0 amide bonds. The van der Waals surface area contributed by atoms with Crippen molar-refractivity contribution in [3.63, 3.8) is 0 Å². The van der Waals surface area contributed by atoms with Gasteiger partial charge in [0.05, 0.1) is 25.4 Å². The summed E-state index contributed by atoms with van der Waals surface area (Å²) in [7, 11) is -2.81. The standard InChI is InChI=1S/C31H39ClFN6O7P/c1-18(29(41)43-15-30(3,4)5)38-47(42,46-22-13-9-11-20-10-7-8-12-21(20)22)44-16-31(14-32)25(40)23(33)28(45-31)39-17-35-24-26(34-6)36-19(2)37-27(24)39/h7-13,17-18,23,25,28,40H,14-16H2,1-6H3,(H,38,42)(H,34,36,37)/t18-,23-,25-,28+,31+,47+/m0/s1. The second-order valence-electron chi connectivity index (χ2n) is 12.6. The highest BCUT2D eigenvalue weighted by Crippen LogP contribution is 2.50. The van der Waals surface area contributed by atoms with Gasteiger partial charge in [0.15, 0.2) is 29.4 Å². The SMILES string of the molecule is CNc1nc(C)nc2c1ncn2[C@@H]1O[C@](CCl)(CO[P@](=O)(N[C@@H](C)C(=O)OCC(C)(C)C)Oc2cccc3ccccc23)[C@@H](O)[C@@H]1F. The van der Waals surface area contributed by atoms with Crippen molar-refractivity contribution in [1.82, 2.24) is 24.6 Å². The first-order valence-electron chi connectivity index (χ1n) is 15.0. The van der Waals surface area contributed by atoms with Crippen LogP contribution in [0, 0.1) is 12.3 Å². The summed E-state index contributed by atoms with van der Waals surface area (Å²) in [6, 6.07) is 11.3. The number of carbonyl (C=O) groups excluding carboxylic acids is 1. The lowest BCUT2D eigenvalue weighted by Crippen LogP contribution is -2.48. The molecule has 1 aliphatic rings. The van der Waals surface area contributed by atoms with Gasteiger partial charge in [0.1, 0.15) is 29.3 Å². The van der Waals surface area contributed by atoms with Crippen molar-refractivity contribution < 1.29 is 37.4 Å². The zero-order valence-corrected chi connectivity index (χ0v) is 28.6. The van der Waals surface area contributed by atoms with E-state index in [9.17, 15) is 14.5 Å². The summed E-state index contributed by atoms with van der Waals surface area (Å²) < 4.78 is 55.1. The van der Waals surface area contributed by atoms with E-state index in [0.29, 0.717) is 22.5 Å². The molecule has 1 saturated heterocycles. The number of alkyl halides is 2. The molecule has 2 aromatic carbocycles. The molecule has 0 aliphatic carbocycles. The number of anilines is 1. The van der Waals surface area contributed by atoms with Gasteiger partial charge < -0.3 is 24.4 Å². The van der Waals surface area contributed by atoms with Gasteiger partial charge in [0.25, 0.3) is 0 Å². The van der Waals surface area contributed by atoms with E-state index in [1.54, 1.807) is 38.2 Å². The fraction of sp³-hybridized carbons (Fsp3) is 0.484. The van der Waals surface area contributed by atoms with Gasteiger partial charge in [-0.15, -0.1) is 11.6 Å². The molecule has 16 heteroatoms. The third-order valence-electron chi connectivity index (χ3n) is 7.54. The molecule has 5 rings (SSSR count). The number of aromatic nitrogens is 4. The van der Waals surface area contributed by atoms with Gasteiger partial charge >= 0.3 is 13.7 Å². The third-order valence-corrected chi connectivity index (χ3v) is 9.60. The van der Waals surface area contributed by atoms with Gasteiger partial charge in [-0.05, 0) is 30.7 Å². The molecule has 0 bridgehead atoms. The monoisotopic (exact) mass is 692 g/mol. The Hall–Kier alpha value is -3.39. The summed E-state index contributed by atoms with van der Waals surface area (Å²) in [5, 5.41) is 18.2. The number of hydrogen-bond acceptors (Lipinski definition) is 11. The maximum absolute atomic E-state index is 15.9. The molecule has 13 nitrogen and oxygen atoms in total. The highest BCUT2D eigenvalue weighted by molar-refractivity contribution is 7.52. The van der Waals surface area contributed by atoms with Crippen molar-refractivity contribution >= 4 is 53.1 Å². The van der Waals surface area contributed by atoms with E-state index in [2.05, 4.69) is 25.4 Å². The molecule has 6 atom stereocenters. The molecule has 2 aromatic heterocycles. The predicted octanol–water partition coefficient (Wildman–Crippen LogP) is 5.31. The van der Waals surface area contributed by atoms with Gasteiger partial charge in [-0.25, -0.2) is 23.9 Å². The van der Waals surface area contributed by atoms with Gasteiger partial charge in [-0.1, -0.05) is 57.2 Å². The Morgan fingerprint density at radius 3 is 2.66 bits per heavy atom. The summed E-state index contributed by atoms with van der Waals surface area (Å²) in [6.45, 7) is 8.26. The number of imidazole rings is 1. The lowest BCUT2D eigenvalue weighted by molar-refractivity contribution is -0.148. The second-order valence-corrected chi connectivity index (χ2v) is 14.6. The van der Waals surface area contributed by atoms with Crippen LogP contribution in [0.5, 0.6) is 5.75 Å². The number of carbonyl (C=O) groups is 1. The summed E-state index contributed by atoms with van der Waals surface area (Å²) >= 11 is 6.33. The number of aliphatic hydroxyl groups excluding tert-OH is 1. The van der Waals surface area contributed by atoms with E-state index in [-0.39, 0.29) is 23.4 Å². The molecular weight excluding hydrogens is 654 g/mol. The average molecular weight is 693 g/mol. The summed E-state index contributed by atoms with van der Waals surface area (Å²) in [4.78, 5) is 25.9. The Kier molecular flexibility index (Phi) is 10.1. The summed E-state index contributed by atoms with van der Waals surface area (Å²) in [5.74, 6) is -0.116. The van der Waals surface area contributed by atoms with Crippen molar-refractivity contribution in [3.05, 3.63) is 54.6 Å². The number of benzene rings is 2. The highest BCUT2D eigenvalue weighted by atomic mass is 35.5. The number of fused-ring (bicyclic) bond motifs is 2. The maximum Gasteiger partial charge on any atom is 0.459 e. The quantitative estimate of drug-likeness (QED) is 0.100. The first kappa shape index (κ1) is 34.9. The fourth-order valence-electron chi connectivity index (χ4n) is 5.08. The molecular formula is C31H39ClFN6O7P. The topological polar surface area (TPSA) is 159 Å². The van der Waals surface area contributed by atoms with Crippen LogP contribution in [0.1, 0.15) is 39.7 Å². The average Bonchev–Trinajstić information content (AvgIpc) is 3.56. The molecule has 3 N–H and O–H groups in total. The summed E-state index contributed by atoms with van der Waals surface area (Å²) in [5.41, 5.74) is -1.57. The van der Waals surface area contributed by atoms with Crippen LogP contribution < -0.4 is 14.9 Å². The van der Waals surface area contributed by atoms with Crippen molar-refractivity contribution in [2.45, 2.75) is 64.8 Å². The van der Waals surface area contributed by atoms with Gasteiger partial charge in [0.2, 0.25) is 0 Å². The van der Waals surface area contributed by atoms with Crippen LogP contribution in [0.15, 0.2) is 48.8 Å². The molecule has 47 heavy (non-hydrogen) atoms. The van der Waals surface area contributed by atoms with Crippen LogP contribution in [0.25, 0.3) is 21.9 Å². The zero-order chi connectivity index (χ0) is 34.1. The van der Waals surface area contributed by atoms with Gasteiger partial charge in [0, 0.05) is 12.4 Å². The highest BCUT2D eigenvalue weighted by Gasteiger charge is 2.57. The van der Waals surface area contributed by atoms with E-state index in [1.165, 1.54) is 17.8 Å². The molecule has 0 spiro atoms. The number of hydrogen-bond donors (Lipinski definition) is 3. The Balaban J connectivity index is 1.44. The largest absolute Gasteiger partial charge is 0.464 e. The smallest absolute Gasteiger partial charge is 0.459 e. The van der Waals surface area contributed by atoms with Crippen molar-refractivity contribution in [3.8, 4) is 5.75 Å².